The van der Waals surface area contributed by atoms with Gasteiger partial charge in [0.1, 0.15) is 17.4 Å². The smallest absolute Gasteiger partial charge is 0.300 e. The van der Waals surface area contributed by atoms with Gasteiger partial charge >= 0.3 is 0 Å². The van der Waals surface area contributed by atoms with E-state index in [-0.39, 0.29) is 40.0 Å². The summed E-state index contributed by atoms with van der Waals surface area (Å²) >= 11 is 0. The minimum absolute atomic E-state index is 0.0687. The van der Waals surface area contributed by atoms with Crippen molar-refractivity contribution in [2.24, 2.45) is 10.2 Å². The van der Waals surface area contributed by atoms with Crippen LogP contribution in [0, 0.1) is 28.4 Å². The second-order valence-corrected chi connectivity index (χ2v) is 6.98. The Balaban J connectivity index is 2.68. The van der Waals surface area contributed by atoms with Crippen molar-refractivity contribution in [1.29, 1.82) is 5.26 Å². The van der Waals surface area contributed by atoms with Crippen molar-refractivity contribution in [1.82, 2.24) is 4.57 Å². The summed E-state index contributed by atoms with van der Waals surface area (Å²) in [6.07, 6.45) is 2.97. The lowest BCUT2D eigenvalue weighted by atomic mass is 10.0. The van der Waals surface area contributed by atoms with Crippen LogP contribution >= 0.6 is 0 Å². The van der Waals surface area contributed by atoms with Crippen molar-refractivity contribution < 1.29 is 14.8 Å². The van der Waals surface area contributed by atoms with Gasteiger partial charge < -0.3 is 9.84 Å². The predicted octanol–water partition coefficient (Wildman–Crippen LogP) is 5.21. The molecule has 10 nitrogen and oxygen atoms in total. The number of nitro benzene ring substituents is 1. The summed E-state index contributed by atoms with van der Waals surface area (Å²) in [5, 5.41) is 39.4. The number of ether oxygens (including phenoxy) is 1. The summed E-state index contributed by atoms with van der Waals surface area (Å²) in [6.45, 7) is 5.39. The lowest BCUT2D eigenvalue weighted by Gasteiger charge is -2.21. The average Bonchev–Trinajstić information content (AvgIpc) is 2.76. The zero-order valence-electron chi connectivity index (χ0n) is 18.0. The molecule has 0 aliphatic rings. The number of azo groups is 1. The molecule has 0 aliphatic heterocycles. The van der Waals surface area contributed by atoms with E-state index in [0.717, 1.165) is 12.8 Å². The Morgan fingerprint density at radius 1 is 1.35 bits per heavy atom. The maximum atomic E-state index is 13.2. The molecule has 1 aromatic carbocycles. The standard InChI is InChI=1S/C21H25N5O5/c1-5-7-8-14(6-2)25-20(27)16(12-22)13(3)19(21(25)28)24-23-17-10-9-15(31-4)11-18(17)26(29)30/h9-11,14,27H,5-8H2,1-4H3. The number of hydrogen-bond acceptors (Lipinski definition) is 8. The molecule has 1 unspecified atom stereocenters. The number of nitrogens with zero attached hydrogens (tertiary/aromatic N) is 5. The lowest BCUT2D eigenvalue weighted by molar-refractivity contribution is -0.384. The Hall–Kier alpha value is -3.74. The van der Waals surface area contributed by atoms with Gasteiger partial charge in [0.05, 0.1) is 18.1 Å². The number of aromatic nitrogens is 1. The summed E-state index contributed by atoms with van der Waals surface area (Å²) in [7, 11) is 1.38. The fourth-order valence-electron chi connectivity index (χ4n) is 3.29. The quantitative estimate of drug-likeness (QED) is 0.330. The summed E-state index contributed by atoms with van der Waals surface area (Å²) in [5.74, 6) is -0.121. The van der Waals surface area contributed by atoms with E-state index in [9.17, 15) is 25.3 Å². The fourth-order valence-corrected chi connectivity index (χ4v) is 3.29. The van der Waals surface area contributed by atoms with E-state index < -0.39 is 16.4 Å². The van der Waals surface area contributed by atoms with Crippen molar-refractivity contribution in [2.45, 2.75) is 52.5 Å². The topological polar surface area (TPSA) is 143 Å². The zero-order chi connectivity index (χ0) is 23.1. The Kier molecular flexibility index (Phi) is 7.85. The Bertz CT molecular complexity index is 1100. The molecule has 0 fully saturated rings. The number of hydrogen-bond donors (Lipinski definition) is 1. The van der Waals surface area contributed by atoms with E-state index in [1.807, 2.05) is 19.9 Å². The molecule has 1 aromatic heterocycles. The van der Waals surface area contributed by atoms with Crippen LogP contribution < -0.4 is 10.3 Å². The number of nitriles is 1. The van der Waals surface area contributed by atoms with Gasteiger partial charge in [-0.05, 0) is 31.9 Å². The highest BCUT2D eigenvalue weighted by molar-refractivity contribution is 5.61. The second kappa shape index (κ2) is 10.3. The second-order valence-electron chi connectivity index (χ2n) is 6.98. The molecule has 0 radical (unpaired) electrons. The molecule has 0 saturated heterocycles. The molecule has 1 atom stereocenters. The van der Waals surface area contributed by atoms with Crippen LogP contribution in [0.2, 0.25) is 0 Å². The molecule has 164 valence electrons. The maximum Gasteiger partial charge on any atom is 0.300 e. The minimum atomic E-state index is -0.628. The highest BCUT2D eigenvalue weighted by Crippen LogP contribution is 2.34. The van der Waals surface area contributed by atoms with Crippen molar-refractivity contribution in [3.8, 4) is 17.7 Å². The number of aromatic hydroxyl groups is 1. The SMILES string of the molecule is CCCCC(CC)n1c(O)c(C#N)c(C)c(N=Nc2ccc(OC)cc2[N+](=O)[O-])c1=O. The molecule has 1 N–H and O–H groups in total. The van der Waals surface area contributed by atoms with E-state index >= 15 is 0 Å². The van der Waals surface area contributed by atoms with Gasteiger partial charge in [0.2, 0.25) is 5.88 Å². The summed E-state index contributed by atoms with van der Waals surface area (Å²) in [4.78, 5) is 23.9. The van der Waals surface area contributed by atoms with E-state index in [2.05, 4.69) is 10.2 Å². The monoisotopic (exact) mass is 427 g/mol. The minimum Gasteiger partial charge on any atom is -0.496 e. The number of nitro groups is 1. The van der Waals surface area contributed by atoms with Gasteiger partial charge in [-0.3, -0.25) is 19.5 Å². The molecule has 0 aliphatic carbocycles. The van der Waals surface area contributed by atoms with Crippen LogP contribution in [0.15, 0.2) is 33.2 Å². The molecule has 0 amide bonds. The summed E-state index contributed by atoms with van der Waals surface area (Å²) in [5.41, 5.74) is -1.07. The molecule has 0 spiro atoms. The van der Waals surface area contributed by atoms with Crippen LogP contribution in [0.25, 0.3) is 0 Å². The van der Waals surface area contributed by atoms with Crippen LogP contribution in [0.5, 0.6) is 11.6 Å². The van der Waals surface area contributed by atoms with Crippen LogP contribution in [-0.2, 0) is 0 Å². The van der Waals surface area contributed by atoms with Gasteiger partial charge in [0.15, 0.2) is 11.4 Å². The van der Waals surface area contributed by atoms with Gasteiger partial charge in [-0.1, -0.05) is 26.7 Å². The van der Waals surface area contributed by atoms with Gasteiger partial charge in [-0.15, -0.1) is 10.2 Å². The molecular weight excluding hydrogens is 402 g/mol. The highest BCUT2D eigenvalue weighted by Gasteiger charge is 2.24. The van der Waals surface area contributed by atoms with Crippen LogP contribution in [0.1, 0.15) is 56.7 Å². The van der Waals surface area contributed by atoms with E-state index in [4.69, 9.17) is 4.74 Å². The van der Waals surface area contributed by atoms with Crippen molar-refractivity contribution in [2.75, 3.05) is 7.11 Å². The third-order valence-electron chi connectivity index (χ3n) is 5.08. The molecule has 31 heavy (non-hydrogen) atoms. The zero-order valence-corrected chi connectivity index (χ0v) is 18.0. The van der Waals surface area contributed by atoms with Gasteiger partial charge in [0.25, 0.3) is 11.2 Å². The van der Waals surface area contributed by atoms with Crippen molar-refractivity contribution >= 4 is 17.1 Å². The van der Waals surface area contributed by atoms with E-state index in [1.165, 1.54) is 36.8 Å². The molecule has 0 saturated carbocycles. The Morgan fingerprint density at radius 2 is 2.06 bits per heavy atom. The number of unbranched alkanes of at least 4 members (excludes halogenated alkanes) is 1. The van der Waals surface area contributed by atoms with Crippen LogP contribution in [0.3, 0.4) is 0 Å². The molecule has 2 rings (SSSR count). The molecule has 10 heteroatoms. The number of pyridine rings is 1. The first-order valence-corrected chi connectivity index (χ1v) is 9.92. The van der Waals surface area contributed by atoms with Crippen molar-refractivity contribution in [3.05, 3.63) is 49.8 Å². The third kappa shape index (κ3) is 4.88. The number of methoxy groups -OCH3 is 1. The molecule has 0 bridgehead atoms. The molecular formula is C21H25N5O5. The lowest BCUT2D eigenvalue weighted by Crippen LogP contribution is -2.26. The van der Waals surface area contributed by atoms with Crippen LogP contribution in [-0.4, -0.2) is 21.7 Å². The normalized spacial score (nSPS) is 12.0. The number of benzene rings is 1. The fraction of sp³-hybridized carbons (Fsp3) is 0.429. The Labute approximate surface area is 179 Å². The maximum absolute atomic E-state index is 13.2. The van der Waals surface area contributed by atoms with Crippen LogP contribution in [0.4, 0.5) is 17.1 Å². The Morgan fingerprint density at radius 3 is 2.61 bits per heavy atom. The number of rotatable bonds is 9. The van der Waals surface area contributed by atoms with Gasteiger partial charge in [-0.25, -0.2) is 0 Å². The first-order valence-electron chi connectivity index (χ1n) is 9.92. The predicted molar refractivity (Wildman–Crippen MR) is 114 cm³/mol. The highest BCUT2D eigenvalue weighted by atomic mass is 16.6. The summed E-state index contributed by atoms with van der Waals surface area (Å²) < 4.78 is 6.18. The molecule has 1 heterocycles. The summed E-state index contributed by atoms with van der Waals surface area (Å²) in [6, 6.07) is 5.65. The van der Waals surface area contributed by atoms with Gasteiger partial charge in [0, 0.05) is 11.6 Å². The third-order valence-corrected chi connectivity index (χ3v) is 5.08. The first-order chi connectivity index (χ1) is 14.8. The van der Waals surface area contributed by atoms with Gasteiger partial charge in [-0.2, -0.15) is 5.26 Å². The largest absolute Gasteiger partial charge is 0.496 e. The first kappa shape index (κ1) is 23.5. The van der Waals surface area contributed by atoms with Crippen molar-refractivity contribution in [3.63, 3.8) is 0 Å². The van der Waals surface area contributed by atoms with E-state index in [0.29, 0.717) is 12.8 Å². The van der Waals surface area contributed by atoms with E-state index in [1.54, 1.807) is 0 Å². The molecule has 2 aromatic rings. The average molecular weight is 427 g/mol.